The molecule has 0 aromatic heterocycles. The molecule has 0 aliphatic heterocycles. The topological polar surface area (TPSA) is 83.8 Å². The van der Waals surface area contributed by atoms with Crippen molar-refractivity contribution in [2.75, 3.05) is 0 Å². The van der Waals surface area contributed by atoms with Gasteiger partial charge in [-0.15, -0.1) is 0 Å². The van der Waals surface area contributed by atoms with E-state index in [1.54, 1.807) is 19.1 Å². The Labute approximate surface area is 162 Å². The Morgan fingerprint density at radius 1 is 1.07 bits per heavy atom. The average molecular weight is 376 g/mol. The molecule has 1 rings (SSSR count). The molecule has 2 N–H and O–H groups in total. The van der Waals surface area contributed by atoms with Crippen LogP contribution >= 0.6 is 0 Å². The maximum atomic E-state index is 12.3. The van der Waals surface area contributed by atoms with Crippen molar-refractivity contribution >= 4 is 18.0 Å². The highest BCUT2D eigenvalue weighted by molar-refractivity contribution is 6.17. The molecule has 5 heteroatoms. The third-order valence-corrected chi connectivity index (χ3v) is 4.39. The maximum absolute atomic E-state index is 12.3. The van der Waals surface area contributed by atoms with Gasteiger partial charge in [0, 0.05) is 11.1 Å². The quantitative estimate of drug-likeness (QED) is 0.334. The molecule has 0 spiro atoms. The Hall–Kier alpha value is -2.30. The van der Waals surface area contributed by atoms with Crippen molar-refractivity contribution in [1.29, 1.82) is 0 Å². The molecule has 0 amide bonds. The van der Waals surface area contributed by atoms with E-state index < -0.39 is 17.5 Å². The number of hydrogen-bond acceptors (Lipinski definition) is 4. The van der Waals surface area contributed by atoms with Crippen LogP contribution in [0.3, 0.4) is 0 Å². The summed E-state index contributed by atoms with van der Waals surface area (Å²) in [6.45, 7) is 15.4. The van der Waals surface area contributed by atoms with Gasteiger partial charge in [-0.25, -0.2) is 9.59 Å². The fourth-order valence-corrected chi connectivity index (χ4v) is 2.59. The number of hydrogen-bond donors (Lipinski definition) is 2. The number of phenolic OH excluding ortho intramolecular Hbond substituents is 1. The minimum absolute atomic E-state index is 0.200. The number of rotatable bonds is 5. The summed E-state index contributed by atoms with van der Waals surface area (Å²) >= 11 is 0. The summed E-state index contributed by atoms with van der Waals surface area (Å²) in [6.07, 6.45) is 1.55. The Morgan fingerprint density at radius 2 is 1.52 bits per heavy atom. The van der Waals surface area contributed by atoms with Crippen LogP contribution in [-0.4, -0.2) is 28.3 Å². The summed E-state index contributed by atoms with van der Waals surface area (Å²) < 4.78 is 5.18. The minimum Gasteiger partial charge on any atom is -0.507 e. The van der Waals surface area contributed by atoms with E-state index in [2.05, 4.69) is 0 Å². The van der Waals surface area contributed by atoms with Gasteiger partial charge in [0.05, 0.1) is 6.10 Å². The van der Waals surface area contributed by atoms with Gasteiger partial charge < -0.3 is 14.9 Å². The summed E-state index contributed by atoms with van der Waals surface area (Å²) in [7, 11) is 0. The van der Waals surface area contributed by atoms with Crippen LogP contribution in [0.2, 0.25) is 0 Å². The molecular weight excluding hydrogens is 344 g/mol. The molecule has 1 unspecified atom stereocenters. The number of aromatic hydroxyl groups is 1. The summed E-state index contributed by atoms with van der Waals surface area (Å²) in [5.74, 6) is -2.00. The number of esters is 1. The van der Waals surface area contributed by atoms with Gasteiger partial charge in [-0.3, -0.25) is 0 Å². The monoisotopic (exact) mass is 376 g/mol. The van der Waals surface area contributed by atoms with Crippen LogP contribution in [0.4, 0.5) is 0 Å². The van der Waals surface area contributed by atoms with Crippen molar-refractivity contribution in [1.82, 2.24) is 0 Å². The second-order valence-corrected chi connectivity index (χ2v) is 8.95. The van der Waals surface area contributed by atoms with Crippen LogP contribution in [0.5, 0.6) is 5.75 Å². The number of benzene rings is 1. The highest BCUT2D eigenvalue weighted by atomic mass is 16.5. The van der Waals surface area contributed by atoms with E-state index >= 15 is 0 Å². The third-order valence-electron chi connectivity index (χ3n) is 4.39. The summed E-state index contributed by atoms with van der Waals surface area (Å²) in [5, 5.41) is 20.2. The van der Waals surface area contributed by atoms with Crippen LogP contribution < -0.4 is 0 Å². The first kappa shape index (κ1) is 22.7. The normalized spacial score (nSPS) is 14.0. The maximum Gasteiger partial charge on any atom is 0.345 e. The van der Waals surface area contributed by atoms with Gasteiger partial charge in [-0.2, -0.15) is 0 Å². The second kappa shape index (κ2) is 8.15. The van der Waals surface area contributed by atoms with Crippen molar-refractivity contribution in [3.63, 3.8) is 0 Å². The zero-order valence-corrected chi connectivity index (χ0v) is 17.6. The fraction of sp³-hybridized carbons (Fsp3) is 0.545. The molecule has 0 heterocycles. The van der Waals surface area contributed by atoms with E-state index in [1.165, 1.54) is 6.08 Å². The highest BCUT2D eigenvalue weighted by Crippen LogP contribution is 2.40. The molecule has 0 aliphatic carbocycles. The van der Waals surface area contributed by atoms with E-state index in [0.29, 0.717) is 23.1 Å². The van der Waals surface area contributed by atoms with Crippen LogP contribution in [0.15, 0.2) is 17.7 Å². The predicted molar refractivity (Wildman–Crippen MR) is 107 cm³/mol. The Kier molecular flexibility index (Phi) is 6.87. The number of aliphatic carboxylic acids is 1. The van der Waals surface area contributed by atoms with Gasteiger partial charge in [-0.1, -0.05) is 48.5 Å². The molecule has 1 aromatic carbocycles. The third kappa shape index (κ3) is 5.84. The second-order valence-electron chi connectivity index (χ2n) is 8.95. The molecule has 1 atom stereocenters. The van der Waals surface area contributed by atoms with Gasteiger partial charge in [0.2, 0.25) is 0 Å². The largest absolute Gasteiger partial charge is 0.507 e. The molecule has 27 heavy (non-hydrogen) atoms. The van der Waals surface area contributed by atoms with Gasteiger partial charge in [0.1, 0.15) is 11.3 Å². The lowest BCUT2D eigenvalue weighted by atomic mass is 9.78. The van der Waals surface area contributed by atoms with Crippen LogP contribution in [-0.2, 0) is 25.2 Å². The fourth-order valence-electron chi connectivity index (χ4n) is 2.59. The lowest BCUT2D eigenvalue weighted by molar-refractivity contribution is -0.147. The molecule has 0 fully saturated rings. The van der Waals surface area contributed by atoms with E-state index in [9.17, 15) is 19.8 Å². The molecule has 0 aliphatic rings. The molecule has 0 saturated carbocycles. The summed E-state index contributed by atoms with van der Waals surface area (Å²) in [6, 6.07) is 3.45. The molecule has 0 radical (unpaired) electrons. The van der Waals surface area contributed by atoms with Crippen molar-refractivity contribution in [2.24, 2.45) is 0 Å². The Bertz CT molecular complexity index is 710. The first-order valence-corrected chi connectivity index (χ1v) is 9.22. The molecular formula is C22H32O5. The average Bonchev–Trinajstić information content (AvgIpc) is 2.50. The van der Waals surface area contributed by atoms with E-state index in [4.69, 9.17) is 4.74 Å². The van der Waals surface area contributed by atoms with E-state index in [-0.39, 0.29) is 22.7 Å². The first-order valence-electron chi connectivity index (χ1n) is 9.22. The minimum atomic E-state index is -1.34. The smallest absolute Gasteiger partial charge is 0.345 e. The molecule has 0 saturated heterocycles. The van der Waals surface area contributed by atoms with Crippen LogP contribution in [0, 0.1) is 0 Å². The summed E-state index contributed by atoms with van der Waals surface area (Å²) in [4.78, 5) is 23.9. The number of phenols is 1. The predicted octanol–water partition coefficient (Wildman–Crippen LogP) is 4.80. The molecule has 150 valence electrons. The number of carbonyl (C=O) groups is 2. The van der Waals surface area contributed by atoms with Gasteiger partial charge in [0.25, 0.3) is 0 Å². The SMILES string of the molecule is CCC(C)OC(=O)C(=Cc1cc(C(C)(C)C)c(O)c(C(C)(C)C)c1)C(=O)O. The zero-order valence-electron chi connectivity index (χ0n) is 17.6. The standard InChI is InChI=1S/C22H32O5/c1-9-13(2)27-20(26)15(19(24)25)10-14-11-16(21(3,4)5)18(23)17(12-14)22(6,7)8/h10-13,23H,9H2,1-8H3,(H,24,25). The lowest BCUT2D eigenvalue weighted by Crippen LogP contribution is -2.20. The number of ether oxygens (including phenoxy) is 1. The number of carboxylic acid groups (broad SMARTS) is 1. The van der Waals surface area contributed by atoms with Crippen molar-refractivity contribution in [2.45, 2.75) is 78.7 Å². The highest BCUT2D eigenvalue weighted by Gasteiger charge is 2.27. The Balaban J connectivity index is 3.61. The van der Waals surface area contributed by atoms with Crippen LogP contribution in [0.1, 0.15) is 78.5 Å². The molecule has 5 nitrogen and oxygen atoms in total. The van der Waals surface area contributed by atoms with Crippen molar-refractivity contribution in [3.05, 3.63) is 34.4 Å². The molecule has 1 aromatic rings. The zero-order chi connectivity index (χ0) is 21.2. The van der Waals surface area contributed by atoms with Gasteiger partial charge >= 0.3 is 11.9 Å². The van der Waals surface area contributed by atoms with E-state index in [0.717, 1.165) is 0 Å². The van der Waals surface area contributed by atoms with Gasteiger partial charge in [-0.05, 0) is 47.9 Å². The summed E-state index contributed by atoms with van der Waals surface area (Å²) in [5.41, 5.74) is 0.799. The van der Waals surface area contributed by atoms with Crippen molar-refractivity contribution < 1.29 is 24.5 Å². The lowest BCUT2D eigenvalue weighted by Gasteiger charge is -2.28. The van der Waals surface area contributed by atoms with Crippen LogP contribution in [0.25, 0.3) is 6.08 Å². The number of carbonyl (C=O) groups excluding carboxylic acids is 1. The van der Waals surface area contributed by atoms with E-state index in [1.807, 2.05) is 48.5 Å². The Morgan fingerprint density at radius 3 is 1.85 bits per heavy atom. The van der Waals surface area contributed by atoms with Gasteiger partial charge in [0.15, 0.2) is 0 Å². The first-order chi connectivity index (χ1) is 12.2. The number of carboxylic acids is 1. The molecule has 0 bridgehead atoms. The van der Waals surface area contributed by atoms with Crippen molar-refractivity contribution in [3.8, 4) is 5.75 Å².